The number of primary sulfonamides is 1. The van der Waals surface area contributed by atoms with Crippen LogP contribution in [0.4, 0.5) is 0 Å². The molecule has 0 spiro atoms. The zero-order chi connectivity index (χ0) is 16.2. The number of sulfonamides is 1. The Bertz CT molecular complexity index is 631. The van der Waals surface area contributed by atoms with Gasteiger partial charge in [0, 0.05) is 17.1 Å². The molecule has 6 nitrogen and oxygen atoms in total. The van der Waals surface area contributed by atoms with Crippen molar-refractivity contribution in [3.63, 3.8) is 0 Å². The summed E-state index contributed by atoms with van der Waals surface area (Å²) in [5, 5.41) is 7.98. The third-order valence-electron chi connectivity index (χ3n) is 3.07. The van der Waals surface area contributed by atoms with Crippen molar-refractivity contribution in [1.82, 2.24) is 5.32 Å². The van der Waals surface area contributed by atoms with Gasteiger partial charge in [0.2, 0.25) is 10.0 Å². The minimum Gasteiger partial charge on any atom is -0.383 e. The number of nitrogens with two attached hydrogens (primary N) is 1. The molecule has 0 aliphatic rings. The monoisotopic (exact) mass is 378 g/mol. The Morgan fingerprint density at radius 3 is 2.57 bits per heavy atom. The summed E-state index contributed by atoms with van der Waals surface area (Å²) in [4.78, 5) is 12.3. The minimum atomic E-state index is -3.89. The molecule has 1 atom stereocenters. The van der Waals surface area contributed by atoms with Gasteiger partial charge in [-0.1, -0.05) is 22.9 Å². The van der Waals surface area contributed by atoms with Crippen LogP contribution in [0.2, 0.25) is 0 Å². The third kappa shape index (κ3) is 4.77. The molecular formula is C13H19BrN2O4S. The van der Waals surface area contributed by atoms with Crippen LogP contribution in [0.3, 0.4) is 0 Å². The molecule has 3 N–H and O–H groups in total. The van der Waals surface area contributed by atoms with E-state index in [9.17, 15) is 13.2 Å². The first kappa shape index (κ1) is 18.1. The second-order valence-corrected chi connectivity index (χ2v) is 7.10. The van der Waals surface area contributed by atoms with Gasteiger partial charge in [-0.05, 0) is 31.0 Å². The number of carbonyl (C=O) groups is 1. The van der Waals surface area contributed by atoms with Crippen molar-refractivity contribution in [2.24, 2.45) is 5.14 Å². The average molecular weight is 379 g/mol. The highest BCUT2D eigenvalue weighted by atomic mass is 79.9. The Morgan fingerprint density at radius 2 is 2.10 bits per heavy atom. The standard InChI is InChI=1S/C13H19BrN2O4S/c1-4-10(7-20-3)16-13(17)11-5-9(14)6-12(8(11)2)21(15,18)19/h5-6,10H,4,7H2,1-3H3,(H,16,17)(H2,15,18,19). The van der Waals surface area contributed by atoms with Crippen molar-refractivity contribution >= 4 is 31.9 Å². The van der Waals surface area contributed by atoms with E-state index in [0.717, 1.165) is 0 Å². The second kappa shape index (κ2) is 7.35. The molecular weight excluding hydrogens is 360 g/mol. The molecule has 0 heterocycles. The number of hydrogen-bond acceptors (Lipinski definition) is 4. The summed E-state index contributed by atoms with van der Waals surface area (Å²) in [6, 6.07) is 2.81. The molecule has 0 bridgehead atoms. The maximum atomic E-state index is 12.3. The quantitative estimate of drug-likeness (QED) is 0.784. The van der Waals surface area contributed by atoms with Crippen molar-refractivity contribution in [3.05, 3.63) is 27.7 Å². The number of benzene rings is 1. The molecule has 1 amide bonds. The summed E-state index contributed by atoms with van der Waals surface area (Å²) in [6.45, 7) is 3.86. The number of halogens is 1. The van der Waals surface area contributed by atoms with E-state index in [1.165, 1.54) is 6.07 Å². The Balaban J connectivity index is 3.19. The molecule has 1 unspecified atom stereocenters. The first-order chi connectivity index (χ1) is 9.70. The minimum absolute atomic E-state index is 0.0678. The SMILES string of the molecule is CCC(COC)NC(=O)c1cc(Br)cc(S(N)(=O)=O)c1C. The summed E-state index contributed by atoms with van der Waals surface area (Å²) in [5.41, 5.74) is 0.591. The van der Waals surface area contributed by atoms with Crippen LogP contribution in [0.1, 0.15) is 29.3 Å². The normalized spacial score (nSPS) is 13.0. The van der Waals surface area contributed by atoms with Gasteiger partial charge in [0.15, 0.2) is 0 Å². The fourth-order valence-corrected chi connectivity index (χ4v) is 3.35. The second-order valence-electron chi connectivity index (χ2n) is 4.66. The molecule has 1 aromatic carbocycles. The van der Waals surface area contributed by atoms with Gasteiger partial charge in [0.25, 0.3) is 5.91 Å². The zero-order valence-electron chi connectivity index (χ0n) is 12.1. The van der Waals surface area contributed by atoms with Crippen LogP contribution in [0.5, 0.6) is 0 Å². The first-order valence-electron chi connectivity index (χ1n) is 6.33. The van der Waals surface area contributed by atoms with Gasteiger partial charge in [-0.3, -0.25) is 4.79 Å². The number of nitrogens with one attached hydrogen (secondary N) is 1. The van der Waals surface area contributed by atoms with Gasteiger partial charge in [-0.2, -0.15) is 0 Å². The van der Waals surface area contributed by atoms with Gasteiger partial charge in [0.1, 0.15) is 0 Å². The number of hydrogen-bond donors (Lipinski definition) is 2. The summed E-state index contributed by atoms with van der Waals surface area (Å²) >= 11 is 3.20. The maximum absolute atomic E-state index is 12.3. The van der Waals surface area contributed by atoms with Gasteiger partial charge in [0.05, 0.1) is 17.5 Å². The van der Waals surface area contributed by atoms with Crippen molar-refractivity contribution in [1.29, 1.82) is 0 Å². The van der Waals surface area contributed by atoms with Crippen LogP contribution >= 0.6 is 15.9 Å². The number of amides is 1. The third-order valence-corrected chi connectivity index (χ3v) is 4.57. The van der Waals surface area contributed by atoms with Gasteiger partial charge in [-0.25, -0.2) is 13.6 Å². The molecule has 1 aromatic rings. The lowest BCUT2D eigenvalue weighted by Gasteiger charge is -2.17. The lowest BCUT2D eigenvalue weighted by atomic mass is 10.1. The number of methoxy groups -OCH3 is 1. The lowest BCUT2D eigenvalue weighted by Crippen LogP contribution is -2.38. The van der Waals surface area contributed by atoms with E-state index in [1.807, 2.05) is 6.92 Å². The fraction of sp³-hybridized carbons (Fsp3) is 0.462. The lowest BCUT2D eigenvalue weighted by molar-refractivity contribution is 0.0893. The van der Waals surface area contributed by atoms with Crippen molar-refractivity contribution < 1.29 is 17.9 Å². The number of rotatable bonds is 6. The predicted octanol–water partition coefficient (Wildman–Crippen LogP) is 1.56. The van der Waals surface area contributed by atoms with Crippen molar-refractivity contribution in [3.8, 4) is 0 Å². The highest BCUT2D eigenvalue weighted by Crippen LogP contribution is 2.24. The molecule has 21 heavy (non-hydrogen) atoms. The molecule has 0 fully saturated rings. The van der Waals surface area contributed by atoms with E-state index in [-0.39, 0.29) is 22.4 Å². The highest BCUT2D eigenvalue weighted by molar-refractivity contribution is 9.10. The molecule has 0 saturated carbocycles. The summed E-state index contributed by atoms with van der Waals surface area (Å²) in [7, 11) is -2.34. The Morgan fingerprint density at radius 1 is 1.48 bits per heavy atom. The van der Waals surface area contributed by atoms with E-state index < -0.39 is 10.0 Å². The van der Waals surface area contributed by atoms with Crippen molar-refractivity contribution in [2.75, 3.05) is 13.7 Å². The maximum Gasteiger partial charge on any atom is 0.251 e. The molecule has 0 aliphatic carbocycles. The van der Waals surface area contributed by atoms with Crippen LogP contribution in [0.15, 0.2) is 21.5 Å². The van der Waals surface area contributed by atoms with Crippen LogP contribution in [-0.2, 0) is 14.8 Å². The summed E-state index contributed by atoms with van der Waals surface area (Å²) in [5.74, 6) is -0.359. The molecule has 118 valence electrons. The fourth-order valence-electron chi connectivity index (χ4n) is 1.91. The molecule has 1 rings (SSSR count). The average Bonchev–Trinajstić information content (AvgIpc) is 2.39. The molecule has 0 saturated heterocycles. The van der Waals surface area contributed by atoms with Crippen LogP contribution in [0.25, 0.3) is 0 Å². The topological polar surface area (TPSA) is 98.5 Å². The summed E-state index contributed by atoms with van der Waals surface area (Å²) < 4.78 is 28.6. The first-order valence-corrected chi connectivity index (χ1v) is 8.67. The van der Waals surface area contributed by atoms with E-state index in [0.29, 0.717) is 23.1 Å². The van der Waals surface area contributed by atoms with Gasteiger partial charge >= 0.3 is 0 Å². The Hall–Kier alpha value is -0.960. The van der Waals surface area contributed by atoms with Crippen LogP contribution < -0.4 is 10.5 Å². The number of ether oxygens (including phenoxy) is 1. The molecule has 0 aliphatic heterocycles. The molecule has 0 radical (unpaired) electrons. The number of carbonyl (C=O) groups excluding carboxylic acids is 1. The Kier molecular flexibility index (Phi) is 6.33. The molecule has 0 aromatic heterocycles. The van der Waals surface area contributed by atoms with Crippen LogP contribution in [-0.4, -0.2) is 34.1 Å². The summed E-state index contributed by atoms with van der Waals surface area (Å²) in [6.07, 6.45) is 0.703. The largest absolute Gasteiger partial charge is 0.383 e. The van der Waals surface area contributed by atoms with Gasteiger partial charge in [-0.15, -0.1) is 0 Å². The van der Waals surface area contributed by atoms with Crippen LogP contribution in [0, 0.1) is 6.92 Å². The highest BCUT2D eigenvalue weighted by Gasteiger charge is 2.20. The van der Waals surface area contributed by atoms with Gasteiger partial charge < -0.3 is 10.1 Å². The van der Waals surface area contributed by atoms with E-state index in [2.05, 4.69) is 21.2 Å². The predicted molar refractivity (Wildman–Crippen MR) is 83.7 cm³/mol. The van der Waals surface area contributed by atoms with E-state index >= 15 is 0 Å². The zero-order valence-corrected chi connectivity index (χ0v) is 14.5. The Labute approximate surface area is 133 Å². The van der Waals surface area contributed by atoms with E-state index in [1.54, 1.807) is 20.1 Å². The molecule has 8 heteroatoms. The smallest absolute Gasteiger partial charge is 0.251 e. The van der Waals surface area contributed by atoms with E-state index in [4.69, 9.17) is 9.88 Å². The van der Waals surface area contributed by atoms with Crippen molar-refractivity contribution in [2.45, 2.75) is 31.2 Å².